The number of hydrogen-bond donors (Lipinski definition) is 1. The quantitative estimate of drug-likeness (QED) is 0.469. The smallest absolute Gasteiger partial charge is 0.256 e. The van der Waals surface area contributed by atoms with Gasteiger partial charge in [0, 0.05) is 30.1 Å². The van der Waals surface area contributed by atoms with Crippen molar-refractivity contribution < 1.29 is 9.32 Å². The van der Waals surface area contributed by atoms with Gasteiger partial charge in [0.2, 0.25) is 0 Å². The second-order valence-electron chi connectivity index (χ2n) is 8.82. The molecule has 1 N–H and O–H groups in total. The fourth-order valence-electron chi connectivity index (χ4n) is 4.86. The van der Waals surface area contributed by atoms with E-state index in [2.05, 4.69) is 53.6 Å². The first-order chi connectivity index (χ1) is 15.0. The maximum Gasteiger partial charge on any atom is 0.256 e. The van der Waals surface area contributed by atoms with Crippen molar-refractivity contribution in [2.24, 2.45) is 0 Å². The predicted molar refractivity (Wildman–Crippen MR) is 121 cm³/mol. The normalized spacial score (nSPS) is 15.1. The first-order valence-corrected chi connectivity index (χ1v) is 10.8. The van der Waals surface area contributed by atoms with E-state index in [0.717, 1.165) is 35.2 Å². The zero-order valence-electron chi connectivity index (χ0n) is 18.2. The molecule has 1 fully saturated rings. The van der Waals surface area contributed by atoms with Crippen molar-refractivity contribution in [3.05, 3.63) is 88.4 Å². The summed E-state index contributed by atoms with van der Waals surface area (Å²) < 4.78 is 5.14. The Bertz CT molecular complexity index is 1250. The van der Waals surface area contributed by atoms with E-state index < -0.39 is 0 Å². The van der Waals surface area contributed by atoms with Crippen molar-refractivity contribution in [2.45, 2.75) is 45.1 Å². The van der Waals surface area contributed by atoms with Gasteiger partial charge >= 0.3 is 0 Å². The molecule has 4 aromatic rings. The molecule has 0 radical (unpaired) electrons. The Morgan fingerprint density at radius 3 is 2.58 bits per heavy atom. The van der Waals surface area contributed by atoms with Gasteiger partial charge < -0.3 is 14.4 Å². The summed E-state index contributed by atoms with van der Waals surface area (Å²) in [5.74, 6) is 0.714. The average Bonchev–Trinajstić information content (AvgIpc) is 3.34. The van der Waals surface area contributed by atoms with E-state index in [-0.39, 0.29) is 11.3 Å². The molecule has 2 aromatic heterocycles. The van der Waals surface area contributed by atoms with Crippen molar-refractivity contribution in [3.63, 3.8) is 0 Å². The molecule has 31 heavy (non-hydrogen) atoms. The molecule has 0 saturated heterocycles. The van der Waals surface area contributed by atoms with Crippen LogP contribution in [-0.4, -0.2) is 28.0 Å². The van der Waals surface area contributed by atoms with Crippen LogP contribution in [-0.2, 0) is 12.0 Å². The molecule has 0 aliphatic heterocycles. The summed E-state index contributed by atoms with van der Waals surface area (Å²) in [6, 6.07) is 16.8. The van der Waals surface area contributed by atoms with Crippen molar-refractivity contribution >= 4 is 16.8 Å². The Morgan fingerprint density at radius 2 is 1.94 bits per heavy atom. The number of fused-ring (bicyclic) bond motifs is 1. The van der Waals surface area contributed by atoms with Crippen LogP contribution in [0.2, 0.25) is 0 Å². The van der Waals surface area contributed by atoms with Crippen LogP contribution in [0.25, 0.3) is 10.9 Å². The van der Waals surface area contributed by atoms with E-state index in [1.807, 2.05) is 25.1 Å². The highest BCUT2D eigenvalue weighted by Gasteiger charge is 2.42. The Kier molecular flexibility index (Phi) is 4.69. The monoisotopic (exact) mass is 413 g/mol. The lowest BCUT2D eigenvalue weighted by Gasteiger charge is -2.42. The summed E-state index contributed by atoms with van der Waals surface area (Å²) in [6.45, 7) is 4.38. The molecule has 158 valence electrons. The third-order valence-electron chi connectivity index (χ3n) is 6.70. The minimum atomic E-state index is -0.0300. The standard InChI is InChI=1S/C26H27N3O2/c1-17-8-10-19(11-9-17)26(12-5-13-26)23-15-27-24-21(23)6-4-7-22(24)25(30)29(3)16-20-14-18(2)31-28-20/h4,6-11,14-15,27H,5,12-13,16H2,1-3H3. The van der Waals surface area contributed by atoms with Crippen molar-refractivity contribution in [3.8, 4) is 0 Å². The summed E-state index contributed by atoms with van der Waals surface area (Å²) in [7, 11) is 1.80. The predicted octanol–water partition coefficient (Wildman–Crippen LogP) is 5.51. The Labute approximate surface area is 182 Å². The number of benzene rings is 2. The number of para-hydroxylation sites is 1. The lowest BCUT2D eigenvalue weighted by atomic mass is 9.60. The van der Waals surface area contributed by atoms with Crippen LogP contribution in [0.5, 0.6) is 0 Å². The Morgan fingerprint density at radius 1 is 1.16 bits per heavy atom. The van der Waals surface area contributed by atoms with Crippen LogP contribution >= 0.6 is 0 Å². The van der Waals surface area contributed by atoms with E-state index in [0.29, 0.717) is 12.1 Å². The van der Waals surface area contributed by atoms with Gasteiger partial charge in [-0.05, 0) is 43.9 Å². The highest BCUT2D eigenvalue weighted by Crippen LogP contribution is 2.51. The molecule has 0 bridgehead atoms. The van der Waals surface area contributed by atoms with Crippen molar-refractivity contribution in [1.82, 2.24) is 15.0 Å². The highest BCUT2D eigenvalue weighted by molar-refractivity contribution is 6.06. The van der Waals surface area contributed by atoms with Crippen LogP contribution in [0.1, 0.15) is 57.8 Å². The number of nitrogens with zero attached hydrogens (tertiary/aromatic N) is 2. The van der Waals surface area contributed by atoms with Crippen molar-refractivity contribution in [1.29, 1.82) is 0 Å². The van der Waals surface area contributed by atoms with E-state index in [4.69, 9.17) is 4.52 Å². The van der Waals surface area contributed by atoms with Crippen LogP contribution in [0.15, 0.2) is 59.3 Å². The van der Waals surface area contributed by atoms with Crippen LogP contribution in [0, 0.1) is 13.8 Å². The Hall–Kier alpha value is -3.34. The van der Waals surface area contributed by atoms with Gasteiger partial charge in [0.05, 0.1) is 17.6 Å². The van der Waals surface area contributed by atoms with Gasteiger partial charge in [-0.2, -0.15) is 0 Å². The van der Waals surface area contributed by atoms with Crippen molar-refractivity contribution in [2.75, 3.05) is 7.05 Å². The lowest BCUT2D eigenvalue weighted by Crippen LogP contribution is -2.35. The molecule has 5 nitrogen and oxygen atoms in total. The number of aromatic nitrogens is 2. The summed E-state index contributed by atoms with van der Waals surface area (Å²) in [4.78, 5) is 18.4. The Balaban J connectivity index is 1.51. The molecule has 1 amide bonds. The SMILES string of the molecule is Cc1ccc(C2(c3c[nH]c4c(C(=O)N(C)Cc5cc(C)on5)cccc34)CCC2)cc1. The van der Waals surface area contributed by atoms with Gasteiger partial charge in [0.15, 0.2) is 0 Å². The second-order valence-corrected chi connectivity index (χ2v) is 8.82. The lowest BCUT2D eigenvalue weighted by molar-refractivity contribution is 0.0784. The number of hydrogen-bond acceptors (Lipinski definition) is 3. The van der Waals surface area contributed by atoms with Crippen LogP contribution in [0.3, 0.4) is 0 Å². The maximum atomic E-state index is 13.3. The third kappa shape index (κ3) is 3.25. The molecule has 2 heterocycles. The molecule has 5 heteroatoms. The summed E-state index contributed by atoms with van der Waals surface area (Å²) in [5, 5.41) is 5.15. The largest absolute Gasteiger partial charge is 0.361 e. The van der Waals surface area contributed by atoms with E-state index in [9.17, 15) is 4.79 Å². The molecule has 2 aromatic carbocycles. The fourth-order valence-corrected chi connectivity index (χ4v) is 4.86. The van der Waals surface area contributed by atoms with Gasteiger partial charge in [0.1, 0.15) is 11.5 Å². The number of aromatic amines is 1. The molecule has 1 aliphatic rings. The van der Waals surface area contributed by atoms with Gasteiger partial charge in [-0.25, -0.2) is 0 Å². The van der Waals surface area contributed by atoms with Gasteiger partial charge in [0.25, 0.3) is 5.91 Å². The highest BCUT2D eigenvalue weighted by atomic mass is 16.5. The topological polar surface area (TPSA) is 62.1 Å². The number of nitrogens with one attached hydrogen (secondary N) is 1. The minimum absolute atomic E-state index is 0.0256. The maximum absolute atomic E-state index is 13.3. The van der Waals surface area contributed by atoms with Gasteiger partial charge in [-0.1, -0.05) is 53.5 Å². The first kappa shape index (κ1) is 19.6. The number of H-pyrrole nitrogens is 1. The summed E-state index contributed by atoms with van der Waals surface area (Å²) >= 11 is 0. The molecule has 5 rings (SSSR count). The number of aryl methyl sites for hydroxylation is 2. The number of carbonyl (C=O) groups excluding carboxylic acids is 1. The molecule has 0 unspecified atom stereocenters. The van der Waals surface area contributed by atoms with Crippen LogP contribution in [0.4, 0.5) is 0 Å². The van der Waals surface area contributed by atoms with E-state index >= 15 is 0 Å². The fraction of sp³-hybridized carbons (Fsp3) is 0.308. The summed E-state index contributed by atoms with van der Waals surface area (Å²) in [5.41, 5.74) is 6.30. The van der Waals surface area contributed by atoms with Gasteiger partial charge in [-0.3, -0.25) is 4.79 Å². The number of rotatable bonds is 5. The molecular formula is C26H27N3O2. The minimum Gasteiger partial charge on any atom is -0.361 e. The van der Waals surface area contributed by atoms with Crippen LogP contribution < -0.4 is 0 Å². The number of carbonyl (C=O) groups is 1. The molecule has 0 atom stereocenters. The molecular weight excluding hydrogens is 386 g/mol. The summed E-state index contributed by atoms with van der Waals surface area (Å²) in [6.07, 6.45) is 5.60. The second kappa shape index (κ2) is 7.41. The number of amides is 1. The molecule has 1 aliphatic carbocycles. The molecule has 0 spiro atoms. The third-order valence-corrected chi connectivity index (χ3v) is 6.70. The zero-order chi connectivity index (χ0) is 21.6. The van der Waals surface area contributed by atoms with Gasteiger partial charge in [-0.15, -0.1) is 0 Å². The average molecular weight is 414 g/mol. The van der Waals surface area contributed by atoms with E-state index in [1.54, 1.807) is 11.9 Å². The first-order valence-electron chi connectivity index (χ1n) is 10.8. The van der Waals surface area contributed by atoms with E-state index in [1.165, 1.54) is 23.1 Å². The molecule has 1 saturated carbocycles. The zero-order valence-corrected chi connectivity index (χ0v) is 18.2.